The molecule has 3 amide bonds. The van der Waals surface area contributed by atoms with E-state index in [9.17, 15) is 9.59 Å². The summed E-state index contributed by atoms with van der Waals surface area (Å²) in [5, 5.41) is 4.55. The molecule has 2 aromatic rings. The van der Waals surface area contributed by atoms with Gasteiger partial charge in [-0.15, -0.1) is 0 Å². The number of carbonyl (C=O) groups excluding carboxylic acids is 2. The Morgan fingerprint density at radius 3 is 2.81 bits per heavy atom. The zero-order chi connectivity index (χ0) is 21.4. The van der Waals surface area contributed by atoms with Gasteiger partial charge in [0.15, 0.2) is 0 Å². The van der Waals surface area contributed by atoms with E-state index in [1.807, 2.05) is 9.80 Å². The molecule has 3 aliphatic rings. The number of ether oxygens (including phenoxy) is 1. The normalized spacial score (nSPS) is 24.2. The van der Waals surface area contributed by atoms with Crippen molar-refractivity contribution in [1.82, 2.24) is 20.1 Å². The van der Waals surface area contributed by atoms with E-state index >= 15 is 0 Å². The number of nitrogens with one attached hydrogen (secondary N) is 2. The first-order chi connectivity index (χ1) is 15.1. The van der Waals surface area contributed by atoms with Crippen molar-refractivity contribution in [1.29, 1.82) is 0 Å². The van der Waals surface area contributed by atoms with Crippen LogP contribution < -0.4 is 5.32 Å². The SMILES string of the molecule is Cc1ccc2[nH]c3c(c2c1)CC(NC(=O)N1CCCC(C(=O)N2CCOCC2)C1)CC3. The van der Waals surface area contributed by atoms with E-state index in [4.69, 9.17) is 4.74 Å². The van der Waals surface area contributed by atoms with Crippen LogP contribution in [0, 0.1) is 12.8 Å². The van der Waals surface area contributed by atoms with Crippen LogP contribution in [0.15, 0.2) is 18.2 Å². The maximum atomic E-state index is 13.0. The van der Waals surface area contributed by atoms with Crippen molar-refractivity contribution >= 4 is 22.8 Å². The largest absolute Gasteiger partial charge is 0.378 e. The zero-order valence-corrected chi connectivity index (χ0v) is 18.3. The second-order valence-electron chi connectivity index (χ2n) is 9.24. The molecule has 2 saturated heterocycles. The molecule has 3 heterocycles. The van der Waals surface area contributed by atoms with Crippen molar-refractivity contribution in [2.45, 2.75) is 45.1 Å². The Hall–Kier alpha value is -2.54. The molecule has 1 aliphatic carbocycles. The van der Waals surface area contributed by atoms with Crippen LogP contribution in [-0.2, 0) is 22.4 Å². The number of aromatic amines is 1. The summed E-state index contributed by atoms with van der Waals surface area (Å²) >= 11 is 0. The van der Waals surface area contributed by atoms with Gasteiger partial charge in [0.2, 0.25) is 5.91 Å². The summed E-state index contributed by atoms with van der Waals surface area (Å²) in [5.74, 6) is 0.0874. The summed E-state index contributed by atoms with van der Waals surface area (Å²) in [7, 11) is 0. The quantitative estimate of drug-likeness (QED) is 0.778. The van der Waals surface area contributed by atoms with Crippen LogP contribution in [0.2, 0.25) is 0 Å². The lowest BCUT2D eigenvalue weighted by Gasteiger charge is -2.37. The molecular formula is C24H32N4O3. The van der Waals surface area contributed by atoms with Gasteiger partial charge in [0, 0.05) is 48.8 Å². The monoisotopic (exact) mass is 424 g/mol. The Labute approximate surface area is 183 Å². The molecule has 2 aliphatic heterocycles. The fourth-order valence-electron chi connectivity index (χ4n) is 5.33. The number of morpholine rings is 1. The van der Waals surface area contributed by atoms with Crippen LogP contribution in [0.4, 0.5) is 4.79 Å². The van der Waals surface area contributed by atoms with Crippen LogP contribution in [-0.4, -0.2) is 72.2 Å². The molecule has 2 N–H and O–H groups in total. The van der Waals surface area contributed by atoms with Crippen LogP contribution >= 0.6 is 0 Å². The molecule has 2 atom stereocenters. The summed E-state index contributed by atoms with van der Waals surface area (Å²) in [6.07, 6.45) is 4.49. The number of aromatic nitrogens is 1. The number of aryl methyl sites for hydroxylation is 2. The highest BCUT2D eigenvalue weighted by Gasteiger charge is 2.33. The number of fused-ring (bicyclic) bond motifs is 3. The fourth-order valence-corrected chi connectivity index (χ4v) is 5.33. The van der Waals surface area contributed by atoms with Crippen LogP contribution in [0.3, 0.4) is 0 Å². The molecular weight excluding hydrogens is 392 g/mol. The number of piperidine rings is 1. The van der Waals surface area contributed by atoms with Gasteiger partial charge in [-0.1, -0.05) is 11.6 Å². The van der Waals surface area contributed by atoms with Crippen molar-refractivity contribution in [3.63, 3.8) is 0 Å². The number of carbonyl (C=O) groups is 2. The first-order valence-electron chi connectivity index (χ1n) is 11.6. The third-order valence-electron chi connectivity index (χ3n) is 7.05. The molecule has 0 spiro atoms. The molecule has 7 heteroatoms. The first-order valence-corrected chi connectivity index (χ1v) is 11.6. The third kappa shape index (κ3) is 4.15. The fraction of sp³-hybridized carbons (Fsp3) is 0.583. The lowest BCUT2D eigenvalue weighted by atomic mass is 9.91. The van der Waals surface area contributed by atoms with Gasteiger partial charge in [-0.2, -0.15) is 0 Å². The number of nitrogens with zero attached hydrogens (tertiary/aromatic N) is 2. The van der Waals surface area contributed by atoms with Gasteiger partial charge in [-0.05, 0) is 56.7 Å². The summed E-state index contributed by atoms with van der Waals surface area (Å²) in [6.45, 7) is 5.91. The topological polar surface area (TPSA) is 77.7 Å². The van der Waals surface area contributed by atoms with Gasteiger partial charge in [0.25, 0.3) is 0 Å². The third-order valence-corrected chi connectivity index (χ3v) is 7.05. The number of hydrogen-bond acceptors (Lipinski definition) is 3. The Bertz CT molecular complexity index is 979. The Morgan fingerprint density at radius 1 is 1.13 bits per heavy atom. The molecule has 1 aromatic carbocycles. The minimum Gasteiger partial charge on any atom is -0.378 e. The summed E-state index contributed by atoms with van der Waals surface area (Å²) in [6, 6.07) is 6.63. The van der Waals surface area contributed by atoms with Crippen LogP contribution in [0.25, 0.3) is 10.9 Å². The molecule has 7 nitrogen and oxygen atoms in total. The van der Waals surface area contributed by atoms with Gasteiger partial charge in [-0.3, -0.25) is 4.79 Å². The number of hydrogen-bond donors (Lipinski definition) is 2. The molecule has 0 saturated carbocycles. The molecule has 1 aromatic heterocycles. The average molecular weight is 425 g/mol. The minimum absolute atomic E-state index is 0.0241. The second-order valence-corrected chi connectivity index (χ2v) is 9.24. The molecule has 0 bridgehead atoms. The zero-order valence-electron chi connectivity index (χ0n) is 18.3. The standard InChI is InChI=1S/C24H32N4O3/c1-16-4-6-21-19(13-16)20-14-18(5-7-22(20)26-21)25-24(30)28-8-2-3-17(15-28)23(29)27-9-11-31-12-10-27/h4,6,13,17-18,26H,2-3,5,7-12,14-15H2,1H3,(H,25,30). The highest BCUT2D eigenvalue weighted by molar-refractivity contribution is 5.86. The van der Waals surface area contributed by atoms with Gasteiger partial charge in [-0.25, -0.2) is 4.79 Å². The molecule has 0 radical (unpaired) electrons. The minimum atomic E-state index is -0.0906. The molecule has 5 rings (SSSR count). The van der Waals surface area contributed by atoms with Gasteiger partial charge >= 0.3 is 6.03 Å². The van der Waals surface area contributed by atoms with Gasteiger partial charge < -0.3 is 24.8 Å². The highest BCUT2D eigenvalue weighted by Crippen LogP contribution is 2.30. The van der Waals surface area contributed by atoms with Crippen LogP contribution in [0.5, 0.6) is 0 Å². The predicted molar refractivity (Wildman–Crippen MR) is 119 cm³/mol. The van der Waals surface area contributed by atoms with Crippen molar-refractivity contribution in [2.24, 2.45) is 5.92 Å². The number of rotatable bonds is 2. The predicted octanol–water partition coefficient (Wildman–Crippen LogP) is 2.61. The smallest absolute Gasteiger partial charge is 0.317 e. The van der Waals surface area contributed by atoms with Gasteiger partial charge in [0.1, 0.15) is 0 Å². The van der Waals surface area contributed by atoms with Gasteiger partial charge in [0.05, 0.1) is 19.1 Å². The van der Waals surface area contributed by atoms with Crippen molar-refractivity contribution in [3.8, 4) is 0 Å². The van der Waals surface area contributed by atoms with E-state index in [1.54, 1.807) is 0 Å². The number of benzene rings is 1. The number of amides is 3. The van der Waals surface area contributed by atoms with Crippen molar-refractivity contribution in [2.75, 3.05) is 39.4 Å². The maximum Gasteiger partial charge on any atom is 0.317 e. The first kappa shape index (κ1) is 20.4. The lowest BCUT2D eigenvalue weighted by molar-refractivity contribution is -0.141. The van der Waals surface area contributed by atoms with E-state index in [0.717, 1.165) is 38.6 Å². The number of likely N-dealkylation sites (tertiary alicyclic amines) is 1. The van der Waals surface area contributed by atoms with E-state index < -0.39 is 0 Å². The van der Waals surface area contributed by atoms with Crippen molar-refractivity contribution in [3.05, 3.63) is 35.0 Å². The van der Waals surface area contributed by atoms with E-state index in [1.165, 1.54) is 27.7 Å². The van der Waals surface area contributed by atoms with Crippen molar-refractivity contribution < 1.29 is 14.3 Å². The lowest BCUT2D eigenvalue weighted by Crippen LogP contribution is -2.53. The Balaban J connectivity index is 1.22. The molecule has 2 fully saturated rings. The Morgan fingerprint density at radius 2 is 1.97 bits per heavy atom. The molecule has 31 heavy (non-hydrogen) atoms. The van der Waals surface area contributed by atoms with E-state index in [0.29, 0.717) is 32.8 Å². The summed E-state index contributed by atoms with van der Waals surface area (Å²) < 4.78 is 5.36. The molecule has 2 unspecified atom stereocenters. The van der Waals surface area contributed by atoms with E-state index in [-0.39, 0.29) is 23.9 Å². The number of urea groups is 1. The van der Waals surface area contributed by atoms with E-state index in [2.05, 4.69) is 35.4 Å². The molecule has 166 valence electrons. The maximum absolute atomic E-state index is 13.0. The van der Waals surface area contributed by atoms with Crippen LogP contribution in [0.1, 0.15) is 36.1 Å². The second kappa shape index (κ2) is 8.54. The number of H-pyrrole nitrogens is 1. The summed E-state index contributed by atoms with van der Waals surface area (Å²) in [4.78, 5) is 33.2. The Kier molecular flexibility index (Phi) is 5.61. The highest BCUT2D eigenvalue weighted by atomic mass is 16.5. The summed E-state index contributed by atoms with van der Waals surface area (Å²) in [5.41, 5.74) is 5.09. The average Bonchev–Trinajstić information content (AvgIpc) is 3.16.